The van der Waals surface area contributed by atoms with Crippen LogP contribution in [0, 0.1) is 0 Å². The van der Waals surface area contributed by atoms with Gasteiger partial charge in [0.25, 0.3) is 0 Å². The molecule has 5 heteroatoms. The standard InChI is InChI=1S/C22H25N3O2/c1-15-13-17(8-6-16-7-9-20(26-2)21(14-16)27-3)25-22(15)18(10-11-23)19-5-4-12-24-19/h4-9,12-14,24H,10-11,23H2,1-3H3/b8-6+,22-18-. The van der Waals surface area contributed by atoms with E-state index in [0.717, 1.165) is 40.2 Å². The van der Waals surface area contributed by atoms with Crippen LogP contribution in [-0.4, -0.2) is 31.5 Å². The summed E-state index contributed by atoms with van der Waals surface area (Å²) in [5.41, 5.74) is 12.1. The van der Waals surface area contributed by atoms with Crippen molar-refractivity contribution in [2.24, 2.45) is 10.7 Å². The molecule has 2 heterocycles. The van der Waals surface area contributed by atoms with Crippen molar-refractivity contribution in [1.82, 2.24) is 4.98 Å². The maximum absolute atomic E-state index is 5.82. The number of allylic oxidation sites excluding steroid dienone is 3. The van der Waals surface area contributed by atoms with Crippen LogP contribution in [-0.2, 0) is 0 Å². The highest BCUT2D eigenvalue weighted by Gasteiger charge is 2.16. The van der Waals surface area contributed by atoms with Gasteiger partial charge in [0.1, 0.15) is 0 Å². The molecule has 140 valence electrons. The third-order valence-corrected chi connectivity index (χ3v) is 4.44. The summed E-state index contributed by atoms with van der Waals surface area (Å²) in [4.78, 5) is 8.08. The minimum atomic E-state index is 0.581. The number of hydrogen-bond donors (Lipinski definition) is 2. The fourth-order valence-electron chi connectivity index (χ4n) is 3.11. The quantitative estimate of drug-likeness (QED) is 0.774. The van der Waals surface area contributed by atoms with Gasteiger partial charge in [0, 0.05) is 17.5 Å². The second-order valence-corrected chi connectivity index (χ2v) is 6.26. The van der Waals surface area contributed by atoms with Gasteiger partial charge in [-0.3, -0.25) is 0 Å². The highest BCUT2D eigenvalue weighted by molar-refractivity contribution is 6.10. The van der Waals surface area contributed by atoms with Gasteiger partial charge < -0.3 is 20.2 Å². The molecule has 1 aliphatic heterocycles. The van der Waals surface area contributed by atoms with Gasteiger partial charge in [-0.1, -0.05) is 12.1 Å². The van der Waals surface area contributed by atoms with Crippen LogP contribution in [0.15, 0.2) is 64.9 Å². The van der Waals surface area contributed by atoms with Gasteiger partial charge in [-0.2, -0.15) is 0 Å². The summed E-state index contributed by atoms with van der Waals surface area (Å²) in [6, 6.07) is 9.86. The number of aromatic amines is 1. The van der Waals surface area contributed by atoms with Crippen LogP contribution < -0.4 is 15.2 Å². The molecular formula is C22H25N3O2. The summed E-state index contributed by atoms with van der Waals surface area (Å²) in [5.74, 6) is 1.42. The number of H-pyrrole nitrogens is 1. The number of methoxy groups -OCH3 is 2. The molecule has 0 bridgehead atoms. The lowest BCUT2D eigenvalue weighted by Crippen LogP contribution is -2.02. The summed E-state index contributed by atoms with van der Waals surface area (Å²) in [6.45, 7) is 2.66. The van der Waals surface area contributed by atoms with Gasteiger partial charge in [0.05, 0.1) is 25.6 Å². The smallest absolute Gasteiger partial charge is 0.161 e. The van der Waals surface area contributed by atoms with E-state index < -0.39 is 0 Å². The number of aliphatic imine (C=N–C) groups is 1. The van der Waals surface area contributed by atoms with E-state index in [9.17, 15) is 0 Å². The van der Waals surface area contributed by atoms with Gasteiger partial charge in [-0.05, 0) is 67.4 Å². The average Bonchev–Trinajstić information content (AvgIpc) is 3.34. The first-order valence-electron chi connectivity index (χ1n) is 8.90. The SMILES string of the molecule is COc1ccc(/C=C/C2=NC(=C(/CCN)c3ccc[nH]3)/C(C)=C2)cc1OC. The van der Waals surface area contributed by atoms with E-state index in [4.69, 9.17) is 20.2 Å². The first-order valence-corrected chi connectivity index (χ1v) is 8.90. The molecule has 0 fully saturated rings. The third kappa shape index (κ3) is 4.20. The second-order valence-electron chi connectivity index (χ2n) is 6.26. The van der Waals surface area contributed by atoms with Crippen molar-refractivity contribution in [2.45, 2.75) is 13.3 Å². The number of nitrogens with two attached hydrogens (primary N) is 1. The molecule has 0 amide bonds. The summed E-state index contributed by atoms with van der Waals surface area (Å²) < 4.78 is 10.6. The Hall–Kier alpha value is -3.05. The molecule has 0 saturated carbocycles. The Labute approximate surface area is 159 Å². The van der Waals surface area contributed by atoms with E-state index in [1.807, 2.05) is 42.6 Å². The van der Waals surface area contributed by atoms with Gasteiger partial charge in [-0.15, -0.1) is 0 Å². The fourth-order valence-corrected chi connectivity index (χ4v) is 3.11. The van der Waals surface area contributed by atoms with E-state index in [1.165, 1.54) is 0 Å². The van der Waals surface area contributed by atoms with Gasteiger partial charge in [0.2, 0.25) is 0 Å². The lowest BCUT2D eigenvalue weighted by Gasteiger charge is -2.08. The fraction of sp³-hybridized carbons (Fsp3) is 0.227. The summed E-state index contributed by atoms with van der Waals surface area (Å²) in [6.07, 6.45) is 8.81. The van der Waals surface area contributed by atoms with Crippen molar-refractivity contribution in [1.29, 1.82) is 0 Å². The molecular weight excluding hydrogens is 338 g/mol. The summed E-state index contributed by atoms with van der Waals surface area (Å²) >= 11 is 0. The van der Waals surface area contributed by atoms with Crippen molar-refractivity contribution in [3.63, 3.8) is 0 Å². The van der Waals surface area contributed by atoms with E-state index in [1.54, 1.807) is 14.2 Å². The molecule has 3 rings (SSSR count). The molecule has 27 heavy (non-hydrogen) atoms. The molecule has 0 saturated heterocycles. The summed E-state index contributed by atoms with van der Waals surface area (Å²) in [7, 11) is 3.26. The van der Waals surface area contributed by atoms with Crippen LogP contribution in [0.3, 0.4) is 0 Å². The van der Waals surface area contributed by atoms with Gasteiger partial charge in [-0.25, -0.2) is 4.99 Å². The molecule has 1 aliphatic rings. The highest BCUT2D eigenvalue weighted by Crippen LogP contribution is 2.31. The number of nitrogens with zero attached hydrogens (tertiary/aromatic N) is 1. The summed E-state index contributed by atoms with van der Waals surface area (Å²) in [5, 5.41) is 0. The van der Waals surface area contributed by atoms with Crippen molar-refractivity contribution in [3.8, 4) is 11.5 Å². The average molecular weight is 363 g/mol. The molecule has 3 N–H and O–H groups in total. The Kier molecular flexibility index (Phi) is 5.94. The van der Waals surface area contributed by atoms with Crippen LogP contribution in [0.1, 0.15) is 24.6 Å². The molecule has 1 aromatic heterocycles. The maximum atomic E-state index is 5.82. The number of ether oxygens (including phenoxy) is 2. The Bertz CT molecular complexity index is 919. The Morgan fingerprint density at radius 2 is 1.96 bits per heavy atom. The predicted octanol–water partition coefficient (Wildman–Crippen LogP) is 4.21. The first-order chi connectivity index (χ1) is 13.2. The van der Waals surface area contributed by atoms with Gasteiger partial charge >= 0.3 is 0 Å². The van der Waals surface area contributed by atoms with Gasteiger partial charge in [0.15, 0.2) is 11.5 Å². The van der Waals surface area contributed by atoms with E-state index in [0.29, 0.717) is 18.0 Å². The van der Waals surface area contributed by atoms with E-state index in [-0.39, 0.29) is 0 Å². The normalized spacial score (nSPS) is 15.7. The third-order valence-electron chi connectivity index (χ3n) is 4.44. The number of rotatable bonds is 7. The number of benzene rings is 1. The number of hydrogen-bond acceptors (Lipinski definition) is 4. The molecule has 0 spiro atoms. The predicted molar refractivity (Wildman–Crippen MR) is 111 cm³/mol. The topological polar surface area (TPSA) is 72.6 Å². The second kappa shape index (κ2) is 8.56. The molecule has 5 nitrogen and oxygen atoms in total. The molecule has 0 atom stereocenters. The zero-order valence-electron chi connectivity index (χ0n) is 16.0. The van der Waals surface area contributed by atoms with Crippen LogP contribution in [0.2, 0.25) is 0 Å². The number of nitrogens with one attached hydrogen (secondary N) is 1. The lowest BCUT2D eigenvalue weighted by molar-refractivity contribution is 0.355. The lowest BCUT2D eigenvalue weighted by atomic mass is 10.0. The largest absolute Gasteiger partial charge is 0.493 e. The Morgan fingerprint density at radius 3 is 2.63 bits per heavy atom. The molecule has 0 aliphatic carbocycles. The van der Waals surface area contributed by atoms with E-state index in [2.05, 4.69) is 24.1 Å². The molecule has 2 aromatic rings. The zero-order valence-corrected chi connectivity index (χ0v) is 16.0. The van der Waals surface area contributed by atoms with Crippen molar-refractivity contribution in [2.75, 3.05) is 20.8 Å². The van der Waals surface area contributed by atoms with Crippen molar-refractivity contribution < 1.29 is 9.47 Å². The molecule has 0 unspecified atom stereocenters. The van der Waals surface area contributed by atoms with Crippen molar-refractivity contribution in [3.05, 3.63) is 71.2 Å². The van der Waals surface area contributed by atoms with Crippen LogP contribution in [0.25, 0.3) is 11.6 Å². The molecule has 0 radical (unpaired) electrons. The first kappa shape index (κ1) is 18.7. The Balaban J connectivity index is 1.89. The maximum Gasteiger partial charge on any atom is 0.161 e. The highest BCUT2D eigenvalue weighted by atomic mass is 16.5. The number of aromatic nitrogens is 1. The van der Waals surface area contributed by atoms with Crippen LogP contribution in [0.5, 0.6) is 11.5 Å². The monoisotopic (exact) mass is 363 g/mol. The van der Waals surface area contributed by atoms with Crippen LogP contribution >= 0.6 is 0 Å². The minimum absolute atomic E-state index is 0.581. The van der Waals surface area contributed by atoms with E-state index >= 15 is 0 Å². The molecule has 1 aromatic carbocycles. The zero-order chi connectivity index (χ0) is 19.2. The van der Waals surface area contributed by atoms with Crippen molar-refractivity contribution >= 4 is 17.4 Å². The Morgan fingerprint density at radius 1 is 1.15 bits per heavy atom. The minimum Gasteiger partial charge on any atom is -0.493 e. The van der Waals surface area contributed by atoms with Crippen LogP contribution in [0.4, 0.5) is 0 Å².